The van der Waals surface area contributed by atoms with Gasteiger partial charge in [-0.15, -0.1) is 0 Å². The van der Waals surface area contributed by atoms with Gasteiger partial charge in [-0.25, -0.2) is 19.0 Å². The van der Waals surface area contributed by atoms with E-state index in [0.29, 0.717) is 12.5 Å². The number of anilines is 1. The number of halogens is 1. The van der Waals surface area contributed by atoms with Gasteiger partial charge < -0.3 is 10.2 Å². The Kier molecular flexibility index (Phi) is 7.21. The number of amides is 1. The largest absolute Gasteiger partial charge is 0.369 e. The van der Waals surface area contributed by atoms with Crippen molar-refractivity contribution in [3.8, 4) is 5.95 Å². The first-order valence-corrected chi connectivity index (χ1v) is 11.7. The number of nitrogens with one attached hydrogen (secondary N) is 1. The van der Waals surface area contributed by atoms with Gasteiger partial charge in [0.25, 0.3) is 5.95 Å². The summed E-state index contributed by atoms with van der Waals surface area (Å²) in [5.41, 5.74) is 5.42. The molecular weight excluding hydrogens is 433 g/mol. The summed E-state index contributed by atoms with van der Waals surface area (Å²) in [6.45, 7) is 12.7. The third-order valence-electron chi connectivity index (χ3n) is 6.25. The van der Waals surface area contributed by atoms with Crippen molar-refractivity contribution in [1.82, 2.24) is 30.0 Å². The summed E-state index contributed by atoms with van der Waals surface area (Å²) < 4.78 is 14.9. The predicted molar refractivity (Wildman–Crippen MR) is 130 cm³/mol. The maximum absolute atomic E-state index is 13.1. The maximum Gasteiger partial charge on any atom is 0.251 e. The molecule has 0 atom stereocenters. The Morgan fingerprint density at radius 1 is 1.00 bits per heavy atom. The molecule has 8 nitrogen and oxygen atoms in total. The molecule has 4 rings (SSSR count). The molecule has 1 amide bonds. The van der Waals surface area contributed by atoms with Gasteiger partial charge in [-0.3, -0.25) is 9.69 Å². The van der Waals surface area contributed by atoms with Crippen LogP contribution >= 0.6 is 0 Å². The topological polar surface area (TPSA) is 79.2 Å². The summed E-state index contributed by atoms with van der Waals surface area (Å²) in [5.74, 6) is 0.302. The molecule has 0 spiro atoms. The monoisotopic (exact) mass is 465 g/mol. The molecule has 1 saturated heterocycles. The zero-order chi connectivity index (χ0) is 24.2. The van der Waals surface area contributed by atoms with E-state index in [4.69, 9.17) is 0 Å². The van der Waals surface area contributed by atoms with E-state index in [1.165, 1.54) is 12.1 Å². The number of rotatable bonds is 7. The van der Waals surface area contributed by atoms with E-state index in [9.17, 15) is 9.18 Å². The van der Waals surface area contributed by atoms with Crippen molar-refractivity contribution in [3.05, 3.63) is 64.5 Å². The summed E-state index contributed by atoms with van der Waals surface area (Å²) in [5, 5.41) is 7.63. The molecule has 1 N–H and O–H groups in total. The average molecular weight is 466 g/mol. The van der Waals surface area contributed by atoms with E-state index in [0.717, 1.165) is 66.8 Å². The van der Waals surface area contributed by atoms with Gasteiger partial charge in [-0.2, -0.15) is 5.10 Å². The van der Waals surface area contributed by atoms with Crippen LogP contribution in [0.25, 0.3) is 5.95 Å². The summed E-state index contributed by atoms with van der Waals surface area (Å²) in [4.78, 5) is 26.2. The maximum atomic E-state index is 13.1. The van der Waals surface area contributed by atoms with Crippen LogP contribution in [-0.4, -0.2) is 69.8 Å². The molecule has 0 bridgehead atoms. The number of aromatic nitrogens is 4. The van der Waals surface area contributed by atoms with Gasteiger partial charge in [0.05, 0.1) is 12.1 Å². The van der Waals surface area contributed by atoms with Crippen molar-refractivity contribution in [1.29, 1.82) is 0 Å². The minimum absolute atomic E-state index is 0.0166. The average Bonchev–Trinajstić information content (AvgIpc) is 3.08. The summed E-state index contributed by atoms with van der Waals surface area (Å²) >= 11 is 0. The van der Waals surface area contributed by atoms with Gasteiger partial charge in [0.1, 0.15) is 5.82 Å². The second-order valence-corrected chi connectivity index (χ2v) is 8.84. The van der Waals surface area contributed by atoms with Gasteiger partial charge in [0.15, 0.2) is 0 Å². The van der Waals surface area contributed by atoms with Gasteiger partial charge in [-0.05, 0) is 58.0 Å². The van der Waals surface area contributed by atoms with E-state index >= 15 is 0 Å². The molecular formula is C25H32FN7O. The number of nitrogens with zero attached hydrogens (tertiary/aromatic N) is 6. The van der Waals surface area contributed by atoms with Crippen LogP contribution in [0.2, 0.25) is 0 Å². The number of benzene rings is 1. The second kappa shape index (κ2) is 10.3. The molecule has 0 saturated carbocycles. The zero-order valence-corrected chi connectivity index (χ0v) is 20.3. The van der Waals surface area contributed by atoms with Crippen LogP contribution < -0.4 is 10.2 Å². The van der Waals surface area contributed by atoms with Crippen LogP contribution in [0.3, 0.4) is 0 Å². The van der Waals surface area contributed by atoms with Crippen LogP contribution in [0.5, 0.6) is 0 Å². The molecule has 34 heavy (non-hydrogen) atoms. The number of hydrogen-bond acceptors (Lipinski definition) is 6. The smallest absolute Gasteiger partial charge is 0.251 e. The highest BCUT2D eigenvalue weighted by atomic mass is 19.1. The molecule has 1 aliphatic rings. The third-order valence-corrected chi connectivity index (χ3v) is 6.25. The number of carbonyl (C=O) groups is 1. The Morgan fingerprint density at radius 3 is 2.29 bits per heavy atom. The number of hydrogen-bond donors (Lipinski definition) is 1. The minimum atomic E-state index is -0.213. The highest BCUT2D eigenvalue weighted by molar-refractivity contribution is 5.79. The molecule has 0 unspecified atom stereocenters. The quantitative estimate of drug-likeness (QED) is 0.578. The fourth-order valence-electron chi connectivity index (χ4n) is 4.39. The molecule has 180 valence electrons. The summed E-state index contributed by atoms with van der Waals surface area (Å²) in [6.07, 6.45) is 0.279. The molecule has 9 heteroatoms. The van der Waals surface area contributed by atoms with E-state index in [2.05, 4.69) is 30.2 Å². The second-order valence-electron chi connectivity index (χ2n) is 8.84. The lowest BCUT2D eigenvalue weighted by Gasteiger charge is -2.36. The van der Waals surface area contributed by atoms with Crippen LogP contribution in [0.4, 0.5) is 10.1 Å². The molecule has 1 fully saturated rings. The standard InChI is InChI=1S/C25H32FN7O/c1-17-15-18(2)29-25(28-17)33-20(4)23(19(3)30-33)16-24(34)27-9-10-31-11-13-32(14-12-31)22-7-5-21(26)6-8-22/h5-8,15H,9-14,16H2,1-4H3,(H,27,34). The minimum Gasteiger partial charge on any atom is -0.369 e. The van der Waals surface area contributed by atoms with Gasteiger partial charge >= 0.3 is 0 Å². The van der Waals surface area contributed by atoms with E-state index < -0.39 is 0 Å². The van der Waals surface area contributed by atoms with Crippen molar-refractivity contribution in [2.24, 2.45) is 0 Å². The molecule has 0 radical (unpaired) electrons. The normalized spacial score (nSPS) is 14.4. The van der Waals surface area contributed by atoms with Crippen LogP contribution in [0, 0.1) is 33.5 Å². The highest BCUT2D eigenvalue weighted by Gasteiger charge is 2.19. The Balaban J connectivity index is 1.26. The zero-order valence-electron chi connectivity index (χ0n) is 20.3. The third kappa shape index (κ3) is 5.59. The van der Waals surface area contributed by atoms with Gasteiger partial charge in [0, 0.05) is 67.6 Å². The first-order valence-electron chi connectivity index (χ1n) is 11.7. The Hall–Kier alpha value is -3.33. The Labute approximate surface area is 199 Å². The van der Waals surface area contributed by atoms with Crippen molar-refractivity contribution >= 4 is 11.6 Å². The number of aryl methyl sites for hydroxylation is 3. The van der Waals surface area contributed by atoms with Crippen LogP contribution in [0.15, 0.2) is 30.3 Å². The van der Waals surface area contributed by atoms with Crippen molar-refractivity contribution < 1.29 is 9.18 Å². The SMILES string of the molecule is Cc1cc(C)nc(-n2nc(C)c(CC(=O)NCCN3CCN(c4ccc(F)cc4)CC3)c2C)n1. The van der Waals surface area contributed by atoms with E-state index in [1.807, 2.05) is 45.9 Å². The number of carbonyl (C=O) groups excluding carboxylic acids is 1. The lowest BCUT2D eigenvalue weighted by molar-refractivity contribution is -0.120. The van der Waals surface area contributed by atoms with Crippen molar-refractivity contribution in [2.75, 3.05) is 44.2 Å². The molecule has 1 aliphatic heterocycles. The fraction of sp³-hybridized carbons (Fsp3) is 0.440. The molecule has 3 heterocycles. The highest BCUT2D eigenvalue weighted by Crippen LogP contribution is 2.18. The lowest BCUT2D eigenvalue weighted by Crippen LogP contribution is -2.48. The Morgan fingerprint density at radius 2 is 1.65 bits per heavy atom. The Bertz CT molecular complexity index is 1130. The fourth-order valence-corrected chi connectivity index (χ4v) is 4.39. The predicted octanol–water partition coefficient (Wildman–Crippen LogP) is 2.52. The molecule has 2 aromatic heterocycles. The molecule has 3 aromatic rings. The summed E-state index contributed by atoms with van der Waals surface area (Å²) in [7, 11) is 0. The van der Waals surface area contributed by atoms with Gasteiger partial charge in [-0.1, -0.05) is 0 Å². The molecule has 0 aliphatic carbocycles. The first-order chi connectivity index (χ1) is 16.3. The van der Waals surface area contributed by atoms with E-state index in [-0.39, 0.29) is 18.1 Å². The summed E-state index contributed by atoms with van der Waals surface area (Å²) in [6, 6.07) is 8.57. The van der Waals surface area contributed by atoms with Gasteiger partial charge in [0.2, 0.25) is 5.91 Å². The molecule has 1 aromatic carbocycles. The van der Waals surface area contributed by atoms with Crippen molar-refractivity contribution in [3.63, 3.8) is 0 Å². The van der Waals surface area contributed by atoms with Crippen molar-refractivity contribution in [2.45, 2.75) is 34.1 Å². The van der Waals surface area contributed by atoms with E-state index in [1.54, 1.807) is 4.68 Å². The number of piperazine rings is 1. The lowest BCUT2D eigenvalue weighted by atomic mass is 10.1. The van der Waals surface area contributed by atoms with Crippen LogP contribution in [-0.2, 0) is 11.2 Å². The first kappa shape index (κ1) is 23.8. The van der Waals surface area contributed by atoms with Crippen LogP contribution in [0.1, 0.15) is 28.3 Å².